The predicted octanol–water partition coefficient (Wildman–Crippen LogP) is 5.14. The third-order valence-electron chi connectivity index (χ3n) is 4.94. The third kappa shape index (κ3) is 3.57. The van der Waals surface area contributed by atoms with E-state index in [1.807, 2.05) is 12.1 Å². The first-order valence-corrected chi connectivity index (χ1v) is 10.2. The topological polar surface area (TPSA) is 85.3 Å². The quantitative estimate of drug-likeness (QED) is 0.619. The van der Waals surface area contributed by atoms with Crippen molar-refractivity contribution in [3.63, 3.8) is 0 Å². The fourth-order valence-corrected chi connectivity index (χ4v) is 5.03. The predicted molar refractivity (Wildman–Crippen MR) is 111 cm³/mol. The number of hydrogen-bond acceptors (Lipinski definition) is 4. The Bertz CT molecular complexity index is 1050. The molecule has 3 N–H and O–H groups in total. The lowest BCUT2D eigenvalue weighted by molar-refractivity contribution is 0.0998. The van der Waals surface area contributed by atoms with Gasteiger partial charge in [0.1, 0.15) is 10.8 Å². The minimum atomic E-state index is -0.511. The van der Waals surface area contributed by atoms with E-state index in [2.05, 4.69) is 12.2 Å². The van der Waals surface area contributed by atoms with Crippen molar-refractivity contribution in [3.8, 4) is 11.3 Å². The second kappa shape index (κ2) is 7.45. The summed E-state index contributed by atoms with van der Waals surface area (Å²) in [5.41, 5.74) is 7.84. The summed E-state index contributed by atoms with van der Waals surface area (Å²) >= 11 is 7.34. The molecule has 0 aliphatic heterocycles. The van der Waals surface area contributed by atoms with Crippen LogP contribution in [0.1, 0.15) is 44.7 Å². The number of furan rings is 1. The smallest absolute Gasteiger partial charge is 0.292 e. The minimum absolute atomic E-state index is 0.167. The van der Waals surface area contributed by atoms with Gasteiger partial charge in [0.05, 0.1) is 5.56 Å². The first-order chi connectivity index (χ1) is 13.4. The van der Waals surface area contributed by atoms with Crippen LogP contribution in [0.15, 0.2) is 40.8 Å². The van der Waals surface area contributed by atoms with E-state index in [4.69, 9.17) is 21.8 Å². The largest absolute Gasteiger partial charge is 0.451 e. The SMILES string of the molecule is C[C@H]1CCc2c(sc(NC(=O)c3ccc(-c4ccc(Cl)cc4)o3)c2C(N)=O)C1. The molecule has 1 aliphatic carbocycles. The highest BCUT2D eigenvalue weighted by Gasteiger charge is 2.27. The Balaban J connectivity index is 1.59. The van der Waals surface area contributed by atoms with Gasteiger partial charge in [0.15, 0.2) is 5.76 Å². The molecule has 0 radical (unpaired) electrons. The maximum Gasteiger partial charge on any atom is 0.292 e. The summed E-state index contributed by atoms with van der Waals surface area (Å²) in [5.74, 6) is 0.372. The van der Waals surface area contributed by atoms with Crippen LogP contribution in [0.5, 0.6) is 0 Å². The van der Waals surface area contributed by atoms with E-state index >= 15 is 0 Å². The van der Waals surface area contributed by atoms with Crippen LogP contribution in [-0.2, 0) is 12.8 Å². The van der Waals surface area contributed by atoms with E-state index in [0.29, 0.717) is 27.3 Å². The van der Waals surface area contributed by atoms with Gasteiger partial charge in [0, 0.05) is 15.5 Å². The van der Waals surface area contributed by atoms with Crippen molar-refractivity contribution in [2.24, 2.45) is 11.7 Å². The van der Waals surface area contributed by atoms with Crippen LogP contribution < -0.4 is 11.1 Å². The second-order valence-corrected chi connectivity index (χ2v) is 8.59. The second-order valence-electron chi connectivity index (χ2n) is 7.05. The molecule has 1 aliphatic rings. The molecule has 3 aromatic rings. The minimum Gasteiger partial charge on any atom is -0.451 e. The summed E-state index contributed by atoms with van der Waals surface area (Å²) in [6.45, 7) is 2.19. The molecule has 1 atom stereocenters. The van der Waals surface area contributed by atoms with Crippen molar-refractivity contribution >= 4 is 39.8 Å². The molecule has 28 heavy (non-hydrogen) atoms. The number of hydrogen-bond donors (Lipinski definition) is 2. The number of anilines is 1. The zero-order valence-electron chi connectivity index (χ0n) is 15.3. The Morgan fingerprint density at radius 3 is 2.68 bits per heavy atom. The van der Waals surface area contributed by atoms with Gasteiger partial charge >= 0.3 is 0 Å². The van der Waals surface area contributed by atoms with E-state index in [0.717, 1.165) is 35.3 Å². The van der Waals surface area contributed by atoms with Gasteiger partial charge in [-0.05, 0) is 67.1 Å². The van der Waals surface area contributed by atoms with Gasteiger partial charge in [-0.2, -0.15) is 0 Å². The average Bonchev–Trinajstić information content (AvgIpc) is 3.26. The Hall–Kier alpha value is -2.57. The van der Waals surface area contributed by atoms with Crippen LogP contribution in [0.4, 0.5) is 5.00 Å². The molecule has 5 nitrogen and oxygen atoms in total. The maximum atomic E-state index is 12.7. The Kier molecular flexibility index (Phi) is 5.00. The molecule has 1 aromatic carbocycles. The number of primary amides is 1. The van der Waals surface area contributed by atoms with Crippen LogP contribution in [0.3, 0.4) is 0 Å². The number of nitrogens with two attached hydrogens (primary N) is 1. The Labute approximate surface area is 171 Å². The summed E-state index contributed by atoms with van der Waals surface area (Å²) in [4.78, 5) is 25.8. The Morgan fingerprint density at radius 1 is 1.21 bits per heavy atom. The van der Waals surface area contributed by atoms with Crippen molar-refractivity contribution < 1.29 is 14.0 Å². The summed E-state index contributed by atoms with van der Waals surface area (Å²) in [7, 11) is 0. The van der Waals surface area contributed by atoms with E-state index in [1.165, 1.54) is 11.3 Å². The van der Waals surface area contributed by atoms with E-state index in [1.54, 1.807) is 24.3 Å². The van der Waals surface area contributed by atoms with Gasteiger partial charge in [-0.25, -0.2) is 0 Å². The van der Waals surface area contributed by atoms with E-state index < -0.39 is 11.8 Å². The van der Waals surface area contributed by atoms with Gasteiger partial charge in [0.25, 0.3) is 11.8 Å². The molecule has 2 amide bonds. The number of carbonyl (C=O) groups excluding carboxylic acids is 2. The molecule has 2 aromatic heterocycles. The van der Waals surface area contributed by atoms with Crippen molar-refractivity contribution in [3.05, 3.63) is 63.2 Å². The number of fused-ring (bicyclic) bond motifs is 1. The fourth-order valence-electron chi connectivity index (χ4n) is 3.49. The Morgan fingerprint density at radius 2 is 1.96 bits per heavy atom. The molecule has 0 saturated carbocycles. The first-order valence-electron chi connectivity index (χ1n) is 9.04. The number of halogens is 1. The molecule has 2 heterocycles. The van der Waals surface area contributed by atoms with E-state index in [-0.39, 0.29) is 5.76 Å². The first kappa shape index (κ1) is 18.8. The zero-order chi connectivity index (χ0) is 19.8. The number of thiophene rings is 1. The molecular formula is C21H19ClN2O3S. The van der Waals surface area contributed by atoms with Crippen molar-refractivity contribution in [2.75, 3.05) is 5.32 Å². The fraction of sp³-hybridized carbons (Fsp3) is 0.238. The number of amides is 2. The molecule has 0 unspecified atom stereocenters. The lowest BCUT2D eigenvalue weighted by Crippen LogP contribution is -2.19. The molecule has 7 heteroatoms. The molecule has 0 saturated heterocycles. The highest BCUT2D eigenvalue weighted by atomic mass is 35.5. The van der Waals surface area contributed by atoms with Gasteiger partial charge in [-0.1, -0.05) is 18.5 Å². The third-order valence-corrected chi connectivity index (χ3v) is 6.37. The van der Waals surface area contributed by atoms with Crippen LogP contribution >= 0.6 is 22.9 Å². The number of rotatable bonds is 4. The zero-order valence-corrected chi connectivity index (χ0v) is 16.8. The van der Waals surface area contributed by atoms with Gasteiger partial charge in [-0.15, -0.1) is 11.3 Å². The average molecular weight is 415 g/mol. The summed E-state index contributed by atoms with van der Waals surface area (Å²) in [6.07, 6.45) is 2.72. The standard InChI is InChI=1S/C21H19ClN2O3S/c1-11-2-7-14-17(10-11)28-21(18(14)19(23)25)24-20(26)16-9-8-15(27-16)12-3-5-13(22)6-4-12/h3-6,8-9,11H,2,7,10H2,1H3,(H2,23,25)(H,24,26)/t11-/m0/s1. The van der Waals surface area contributed by atoms with Crippen molar-refractivity contribution in [1.82, 2.24) is 0 Å². The van der Waals surface area contributed by atoms with Crippen LogP contribution in [0.25, 0.3) is 11.3 Å². The van der Waals surface area contributed by atoms with Gasteiger partial charge < -0.3 is 15.5 Å². The molecular weight excluding hydrogens is 396 g/mol. The highest BCUT2D eigenvalue weighted by molar-refractivity contribution is 7.17. The van der Waals surface area contributed by atoms with Crippen molar-refractivity contribution in [2.45, 2.75) is 26.2 Å². The number of nitrogens with one attached hydrogen (secondary N) is 1. The molecule has 0 bridgehead atoms. The molecule has 4 rings (SSSR count). The lowest BCUT2D eigenvalue weighted by atomic mass is 9.88. The van der Waals surface area contributed by atoms with Crippen molar-refractivity contribution in [1.29, 1.82) is 0 Å². The van der Waals surface area contributed by atoms with E-state index in [9.17, 15) is 9.59 Å². The van der Waals surface area contributed by atoms with Crippen LogP contribution in [0.2, 0.25) is 5.02 Å². The summed E-state index contributed by atoms with van der Waals surface area (Å²) in [5, 5.41) is 3.95. The number of carbonyl (C=O) groups is 2. The van der Waals surface area contributed by atoms with Gasteiger partial charge in [-0.3, -0.25) is 9.59 Å². The van der Waals surface area contributed by atoms with Crippen LogP contribution in [0, 0.1) is 5.92 Å². The molecule has 0 spiro atoms. The van der Waals surface area contributed by atoms with Gasteiger partial charge in [0.2, 0.25) is 0 Å². The van der Waals surface area contributed by atoms with Crippen LogP contribution in [-0.4, -0.2) is 11.8 Å². The highest BCUT2D eigenvalue weighted by Crippen LogP contribution is 2.39. The molecule has 0 fully saturated rings. The summed E-state index contributed by atoms with van der Waals surface area (Å²) in [6, 6.07) is 10.5. The molecule has 144 valence electrons. The normalized spacial score (nSPS) is 15.9. The lowest BCUT2D eigenvalue weighted by Gasteiger charge is -2.18. The number of benzene rings is 1. The monoisotopic (exact) mass is 414 g/mol. The summed E-state index contributed by atoms with van der Waals surface area (Å²) < 4.78 is 5.70. The maximum absolute atomic E-state index is 12.7.